The zero-order valence-corrected chi connectivity index (χ0v) is 15.1. The van der Waals surface area contributed by atoms with Gasteiger partial charge in [0.15, 0.2) is 17.2 Å². The maximum Gasteiger partial charge on any atom is 0.268 e. The molecule has 3 aromatic heterocycles. The molecular weight excluding hydrogens is 364 g/mol. The van der Waals surface area contributed by atoms with Gasteiger partial charge in [-0.25, -0.2) is 8.78 Å². The Bertz CT molecular complexity index is 1150. The fraction of sp³-hybridized carbons (Fsp3) is 0.143. The molecule has 7 heteroatoms. The Morgan fingerprint density at radius 1 is 1.14 bits per heavy atom. The van der Waals surface area contributed by atoms with Crippen LogP contribution in [0.3, 0.4) is 0 Å². The second-order valence-electron chi connectivity index (χ2n) is 6.47. The molecule has 4 rings (SSSR count). The minimum absolute atomic E-state index is 0.200. The molecule has 4 aromatic rings. The second-order valence-corrected chi connectivity index (χ2v) is 6.47. The van der Waals surface area contributed by atoms with E-state index in [-0.39, 0.29) is 19.0 Å². The van der Waals surface area contributed by atoms with Crippen LogP contribution in [0.1, 0.15) is 27.5 Å². The number of furan rings is 1. The Balaban J connectivity index is 1.65. The van der Waals surface area contributed by atoms with Crippen LogP contribution < -0.4 is 5.32 Å². The average Bonchev–Trinajstić information content (AvgIpc) is 3.20. The number of carbonyl (C=O) groups excluding carboxylic acids is 1. The summed E-state index contributed by atoms with van der Waals surface area (Å²) in [5.74, 6) is -1.44. The Morgan fingerprint density at radius 3 is 2.75 bits per heavy atom. The van der Waals surface area contributed by atoms with E-state index in [2.05, 4.69) is 10.3 Å². The first kappa shape index (κ1) is 17.9. The number of amides is 1. The number of carbonyl (C=O) groups is 1. The van der Waals surface area contributed by atoms with Crippen LogP contribution in [0.5, 0.6) is 0 Å². The molecule has 0 radical (unpaired) electrons. The number of pyridine rings is 1. The third-order valence-corrected chi connectivity index (χ3v) is 4.43. The predicted octanol–water partition coefficient (Wildman–Crippen LogP) is 4.19. The molecule has 0 aliphatic rings. The van der Waals surface area contributed by atoms with Gasteiger partial charge in [0.1, 0.15) is 11.5 Å². The summed E-state index contributed by atoms with van der Waals surface area (Å²) < 4.78 is 34.2. The van der Waals surface area contributed by atoms with Crippen LogP contribution >= 0.6 is 0 Å². The fourth-order valence-corrected chi connectivity index (χ4v) is 3.11. The van der Waals surface area contributed by atoms with Crippen LogP contribution in [0.4, 0.5) is 8.78 Å². The number of nitrogens with zero attached hydrogens (tertiary/aromatic N) is 2. The molecule has 0 unspecified atom stereocenters. The minimum Gasteiger partial charge on any atom is -0.460 e. The maximum absolute atomic E-state index is 13.6. The number of hydrogen-bond donors (Lipinski definition) is 1. The molecule has 0 bridgehead atoms. The number of nitrogens with one attached hydrogen (secondary N) is 1. The van der Waals surface area contributed by atoms with Crippen molar-refractivity contribution in [1.29, 1.82) is 0 Å². The van der Waals surface area contributed by atoms with Crippen molar-refractivity contribution in [2.45, 2.75) is 20.0 Å². The molecular formula is C21H17F2N3O2. The van der Waals surface area contributed by atoms with E-state index in [1.165, 1.54) is 6.07 Å². The first-order chi connectivity index (χ1) is 13.5. The number of hydrogen-bond acceptors (Lipinski definition) is 3. The van der Waals surface area contributed by atoms with Gasteiger partial charge in [0.05, 0.1) is 17.8 Å². The number of fused-ring (bicyclic) bond motifs is 1. The van der Waals surface area contributed by atoms with Gasteiger partial charge < -0.3 is 14.3 Å². The Hall–Kier alpha value is -3.48. The lowest BCUT2D eigenvalue weighted by molar-refractivity contribution is 0.0942. The van der Waals surface area contributed by atoms with E-state index >= 15 is 0 Å². The quantitative estimate of drug-likeness (QED) is 0.564. The van der Waals surface area contributed by atoms with Crippen molar-refractivity contribution in [3.05, 3.63) is 89.1 Å². The summed E-state index contributed by atoms with van der Waals surface area (Å²) in [6.07, 6.45) is 1.66. The number of benzene rings is 1. The van der Waals surface area contributed by atoms with Crippen molar-refractivity contribution in [3.63, 3.8) is 0 Å². The first-order valence-corrected chi connectivity index (χ1v) is 8.73. The van der Waals surface area contributed by atoms with Gasteiger partial charge in [0.2, 0.25) is 0 Å². The monoisotopic (exact) mass is 381 g/mol. The number of aromatic nitrogens is 2. The highest BCUT2D eigenvalue weighted by atomic mass is 19.2. The SMILES string of the molecule is Cc1cc2c(cc(C(=O)NCc3ccccn3)n2Cc2ccc(F)c(F)c2)o1. The number of rotatable bonds is 5. The standard InChI is InChI=1S/C21H17F2N3O2/c1-13-8-18-20(28-13)10-19(21(27)25-11-15-4-2-3-7-24-15)26(18)12-14-5-6-16(22)17(23)9-14/h2-10H,11-12H2,1H3,(H,25,27). The van der Waals surface area contributed by atoms with Crippen LogP contribution in [0.2, 0.25) is 0 Å². The molecule has 142 valence electrons. The lowest BCUT2D eigenvalue weighted by atomic mass is 10.2. The second kappa shape index (κ2) is 7.26. The van der Waals surface area contributed by atoms with Crippen molar-refractivity contribution < 1.29 is 18.0 Å². The van der Waals surface area contributed by atoms with Gasteiger partial charge >= 0.3 is 0 Å². The van der Waals surface area contributed by atoms with Gasteiger partial charge in [0, 0.05) is 24.9 Å². The number of aryl methyl sites for hydroxylation is 1. The largest absolute Gasteiger partial charge is 0.460 e. The molecule has 0 aliphatic carbocycles. The minimum atomic E-state index is -0.926. The topological polar surface area (TPSA) is 60.1 Å². The fourth-order valence-electron chi connectivity index (χ4n) is 3.11. The van der Waals surface area contributed by atoms with Gasteiger partial charge in [-0.3, -0.25) is 9.78 Å². The highest BCUT2D eigenvalue weighted by molar-refractivity contribution is 5.97. The normalized spacial score (nSPS) is 11.1. The zero-order valence-electron chi connectivity index (χ0n) is 15.1. The average molecular weight is 381 g/mol. The van der Waals surface area contributed by atoms with Crippen molar-refractivity contribution in [3.8, 4) is 0 Å². The van der Waals surface area contributed by atoms with Gasteiger partial charge in [0.25, 0.3) is 5.91 Å². The molecule has 1 N–H and O–H groups in total. The van der Waals surface area contributed by atoms with E-state index in [1.54, 1.807) is 22.9 Å². The molecule has 1 amide bonds. The van der Waals surface area contributed by atoms with Gasteiger partial charge in [-0.1, -0.05) is 12.1 Å². The predicted molar refractivity (Wildman–Crippen MR) is 99.8 cm³/mol. The van der Waals surface area contributed by atoms with Crippen LogP contribution in [-0.2, 0) is 13.1 Å². The first-order valence-electron chi connectivity index (χ1n) is 8.73. The van der Waals surface area contributed by atoms with E-state index in [9.17, 15) is 13.6 Å². The Morgan fingerprint density at radius 2 is 2.00 bits per heavy atom. The van der Waals surface area contributed by atoms with E-state index in [0.29, 0.717) is 28.1 Å². The smallest absolute Gasteiger partial charge is 0.268 e. The highest BCUT2D eigenvalue weighted by Crippen LogP contribution is 2.25. The van der Waals surface area contributed by atoms with Crippen LogP contribution in [0.25, 0.3) is 11.1 Å². The third kappa shape index (κ3) is 3.51. The zero-order chi connectivity index (χ0) is 19.7. The van der Waals surface area contributed by atoms with Crippen molar-refractivity contribution in [2.24, 2.45) is 0 Å². The van der Waals surface area contributed by atoms with E-state index in [4.69, 9.17) is 4.42 Å². The van der Waals surface area contributed by atoms with E-state index in [0.717, 1.165) is 17.8 Å². The van der Waals surface area contributed by atoms with Crippen molar-refractivity contribution >= 4 is 17.0 Å². The van der Waals surface area contributed by atoms with E-state index in [1.807, 2.05) is 25.1 Å². The number of halogens is 2. The summed E-state index contributed by atoms with van der Waals surface area (Å²) in [6.45, 7) is 2.28. The van der Waals surface area contributed by atoms with Gasteiger partial charge in [-0.05, 0) is 36.8 Å². The molecule has 0 atom stereocenters. The summed E-state index contributed by atoms with van der Waals surface area (Å²) in [7, 11) is 0. The molecule has 28 heavy (non-hydrogen) atoms. The summed E-state index contributed by atoms with van der Waals surface area (Å²) in [6, 6.07) is 12.6. The Kier molecular flexibility index (Phi) is 4.65. The van der Waals surface area contributed by atoms with Crippen molar-refractivity contribution in [1.82, 2.24) is 14.9 Å². The maximum atomic E-state index is 13.6. The molecule has 0 fully saturated rings. The summed E-state index contributed by atoms with van der Waals surface area (Å²) in [5.41, 5.74) is 2.91. The van der Waals surface area contributed by atoms with Crippen LogP contribution in [0.15, 0.2) is 59.1 Å². The molecule has 3 heterocycles. The molecule has 1 aromatic carbocycles. The summed E-state index contributed by atoms with van der Waals surface area (Å²) in [4.78, 5) is 16.9. The molecule has 5 nitrogen and oxygen atoms in total. The third-order valence-electron chi connectivity index (χ3n) is 4.43. The lowest BCUT2D eigenvalue weighted by Crippen LogP contribution is -2.26. The van der Waals surface area contributed by atoms with E-state index < -0.39 is 11.6 Å². The molecule has 0 spiro atoms. The van der Waals surface area contributed by atoms with Gasteiger partial charge in [-0.15, -0.1) is 0 Å². The molecule has 0 aliphatic heterocycles. The lowest BCUT2D eigenvalue weighted by Gasteiger charge is -2.11. The molecule has 0 saturated carbocycles. The highest BCUT2D eigenvalue weighted by Gasteiger charge is 2.19. The summed E-state index contributed by atoms with van der Waals surface area (Å²) >= 11 is 0. The van der Waals surface area contributed by atoms with Crippen LogP contribution in [-0.4, -0.2) is 15.5 Å². The Labute approximate surface area is 159 Å². The summed E-state index contributed by atoms with van der Waals surface area (Å²) in [5, 5.41) is 2.83. The molecule has 0 saturated heterocycles. The van der Waals surface area contributed by atoms with Crippen LogP contribution in [0, 0.1) is 18.6 Å². The van der Waals surface area contributed by atoms with Crippen molar-refractivity contribution in [2.75, 3.05) is 0 Å². The van der Waals surface area contributed by atoms with Gasteiger partial charge in [-0.2, -0.15) is 0 Å².